The number of nitrogens with zero attached hydrogens (tertiary/aromatic N) is 3. The summed E-state index contributed by atoms with van der Waals surface area (Å²) in [5.74, 6) is -0.296. The quantitative estimate of drug-likeness (QED) is 0.348. The normalized spacial score (nSPS) is 11.3. The monoisotopic (exact) mass is 391 g/mol. The van der Waals surface area contributed by atoms with Gasteiger partial charge in [-0.1, -0.05) is 36.4 Å². The zero-order valence-corrected chi connectivity index (χ0v) is 15.9. The summed E-state index contributed by atoms with van der Waals surface area (Å²) in [6, 6.07) is 21.0. The standard InChI is InChI=1S/C24H17N5O/c30-24(29-27-15-17-14-26-21-9-3-1-7-18(17)21)20-12-23(16-6-5-11-25-13-16)28-22-10-4-2-8-19(20)22/h1-15,26H,(H,29,30)/b27-15+. The molecule has 0 saturated carbocycles. The summed E-state index contributed by atoms with van der Waals surface area (Å²) < 4.78 is 0. The summed E-state index contributed by atoms with van der Waals surface area (Å²) in [5.41, 5.74) is 7.35. The van der Waals surface area contributed by atoms with Gasteiger partial charge in [-0.15, -0.1) is 0 Å². The minimum absolute atomic E-state index is 0.296. The lowest BCUT2D eigenvalue weighted by Gasteiger charge is -2.08. The molecule has 0 aliphatic heterocycles. The number of hydrazone groups is 1. The zero-order valence-electron chi connectivity index (χ0n) is 15.9. The number of carbonyl (C=O) groups is 1. The van der Waals surface area contributed by atoms with Gasteiger partial charge >= 0.3 is 0 Å². The number of nitrogens with one attached hydrogen (secondary N) is 2. The molecule has 0 unspecified atom stereocenters. The van der Waals surface area contributed by atoms with Gasteiger partial charge in [-0.3, -0.25) is 9.78 Å². The van der Waals surface area contributed by atoms with Crippen molar-refractivity contribution in [3.8, 4) is 11.3 Å². The van der Waals surface area contributed by atoms with Crippen molar-refractivity contribution in [2.45, 2.75) is 0 Å². The van der Waals surface area contributed by atoms with E-state index in [4.69, 9.17) is 0 Å². The van der Waals surface area contributed by atoms with Crippen molar-refractivity contribution in [2.24, 2.45) is 5.10 Å². The van der Waals surface area contributed by atoms with Gasteiger partial charge in [0.2, 0.25) is 0 Å². The molecule has 6 nitrogen and oxygen atoms in total. The summed E-state index contributed by atoms with van der Waals surface area (Å²) in [5, 5.41) is 5.99. The average molecular weight is 391 g/mol. The van der Waals surface area contributed by atoms with E-state index in [0.717, 1.165) is 32.9 Å². The van der Waals surface area contributed by atoms with Crippen molar-refractivity contribution in [2.75, 3.05) is 0 Å². The highest BCUT2D eigenvalue weighted by Gasteiger charge is 2.13. The minimum Gasteiger partial charge on any atom is -0.361 e. The molecule has 6 heteroatoms. The number of hydrogen-bond acceptors (Lipinski definition) is 4. The van der Waals surface area contributed by atoms with E-state index < -0.39 is 0 Å². The Labute approximate surface area is 172 Å². The van der Waals surface area contributed by atoms with Gasteiger partial charge in [0.15, 0.2) is 0 Å². The largest absolute Gasteiger partial charge is 0.361 e. The van der Waals surface area contributed by atoms with E-state index >= 15 is 0 Å². The molecule has 0 fully saturated rings. The molecule has 5 aromatic rings. The van der Waals surface area contributed by atoms with Crippen LogP contribution in [0.4, 0.5) is 0 Å². The molecule has 0 saturated heterocycles. The molecule has 0 bridgehead atoms. The topological polar surface area (TPSA) is 83.0 Å². The minimum atomic E-state index is -0.296. The Kier molecular flexibility index (Phi) is 4.50. The van der Waals surface area contributed by atoms with Crippen LogP contribution in [0.3, 0.4) is 0 Å². The van der Waals surface area contributed by atoms with Crippen LogP contribution in [0.1, 0.15) is 15.9 Å². The van der Waals surface area contributed by atoms with Crippen LogP contribution in [0.2, 0.25) is 0 Å². The molecule has 2 aromatic carbocycles. The molecule has 0 spiro atoms. The van der Waals surface area contributed by atoms with Crippen LogP contribution in [0.5, 0.6) is 0 Å². The van der Waals surface area contributed by atoms with E-state index in [1.54, 1.807) is 24.7 Å². The molecule has 1 amide bonds. The summed E-state index contributed by atoms with van der Waals surface area (Å²) in [4.78, 5) is 25.0. The second kappa shape index (κ2) is 7.60. The van der Waals surface area contributed by atoms with Gasteiger partial charge in [0.25, 0.3) is 5.91 Å². The number of para-hydroxylation sites is 2. The molecule has 144 valence electrons. The third-order valence-electron chi connectivity index (χ3n) is 4.91. The number of carbonyl (C=O) groups excluding carboxylic acids is 1. The third kappa shape index (κ3) is 3.31. The smallest absolute Gasteiger partial charge is 0.272 e. The first-order valence-corrected chi connectivity index (χ1v) is 9.49. The maximum atomic E-state index is 13.0. The summed E-state index contributed by atoms with van der Waals surface area (Å²) in [7, 11) is 0. The van der Waals surface area contributed by atoms with Crippen molar-refractivity contribution in [3.05, 3.63) is 96.4 Å². The van der Waals surface area contributed by atoms with Crippen LogP contribution in [0.25, 0.3) is 33.1 Å². The summed E-state index contributed by atoms with van der Waals surface area (Å²) in [6.45, 7) is 0. The van der Waals surface area contributed by atoms with Gasteiger partial charge in [0.05, 0.1) is 23.0 Å². The number of benzene rings is 2. The number of pyridine rings is 2. The Hall–Kier alpha value is -4.32. The predicted molar refractivity (Wildman–Crippen MR) is 118 cm³/mol. The number of amides is 1. The van der Waals surface area contributed by atoms with Crippen molar-refractivity contribution in [1.82, 2.24) is 20.4 Å². The van der Waals surface area contributed by atoms with Crippen molar-refractivity contribution >= 4 is 33.9 Å². The number of aromatic amines is 1. The van der Waals surface area contributed by atoms with E-state index in [-0.39, 0.29) is 5.91 Å². The summed E-state index contributed by atoms with van der Waals surface area (Å²) >= 11 is 0. The van der Waals surface area contributed by atoms with Crippen molar-refractivity contribution in [3.63, 3.8) is 0 Å². The SMILES string of the molecule is O=C(N/N=C/c1c[nH]c2ccccc12)c1cc(-c2cccnc2)nc2ccccc12. The molecular formula is C24H17N5O. The molecule has 3 aromatic heterocycles. The van der Waals surface area contributed by atoms with Crippen LogP contribution in [-0.2, 0) is 0 Å². The van der Waals surface area contributed by atoms with Gasteiger partial charge in [0, 0.05) is 46.0 Å². The molecule has 0 radical (unpaired) electrons. The molecule has 3 heterocycles. The van der Waals surface area contributed by atoms with Crippen LogP contribution >= 0.6 is 0 Å². The molecule has 2 N–H and O–H groups in total. The lowest BCUT2D eigenvalue weighted by Crippen LogP contribution is -2.18. The fourth-order valence-electron chi connectivity index (χ4n) is 3.45. The number of hydrogen-bond donors (Lipinski definition) is 2. The maximum absolute atomic E-state index is 13.0. The second-order valence-electron chi connectivity index (χ2n) is 6.80. The fraction of sp³-hybridized carbons (Fsp3) is 0. The van der Waals surface area contributed by atoms with Gasteiger partial charge in [-0.05, 0) is 30.3 Å². The van der Waals surface area contributed by atoms with E-state index in [2.05, 4.69) is 25.5 Å². The lowest BCUT2D eigenvalue weighted by atomic mass is 10.0. The first kappa shape index (κ1) is 17.8. The van der Waals surface area contributed by atoms with Gasteiger partial charge in [-0.2, -0.15) is 5.10 Å². The molecular weight excluding hydrogens is 374 g/mol. The molecule has 30 heavy (non-hydrogen) atoms. The molecule has 0 aliphatic rings. The maximum Gasteiger partial charge on any atom is 0.272 e. The number of fused-ring (bicyclic) bond motifs is 2. The Bertz CT molecular complexity index is 1390. The Morgan fingerprint density at radius 1 is 1.00 bits per heavy atom. The fourth-order valence-corrected chi connectivity index (χ4v) is 3.45. The Balaban J connectivity index is 1.48. The van der Waals surface area contributed by atoms with Gasteiger partial charge in [-0.25, -0.2) is 10.4 Å². The van der Waals surface area contributed by atoms with Crippen LogP contribution in [0.15, 0.2) is 90.4 Å². The third-order valence-corrected chi connectivity index (χ3v) is 4.91. The van der Waals surface area contributed by atoms with Gasteiger partial charge < -0.3 is 4.98 Å². The molecule has 5 rings (SSSR count). The van der Waals surface area contributed by atoms with E-state index in [1.165, 1.54) is 0 Å². The van der Waals surface area contributed by atoms with E-state index in [0.29, 0.717) is 11.3 Å². The average Bonchev–Trinajstić information content (AvgIpc) is 3.22. The van der Waals surface area contributed by atoms with E-state index in [1.807, 2.05) is 66.9 Å². The number of rotatable bonds is 4. The Morgan fingerprint density at radius 2 is 1.83 bits per heavy atom. The first-order valence-electron chi connectivity index (χ1n) is 9.49. The van der Waals surface area contributed by atoms with Crippen molar-refractivity contribution in [1.29, 1.82) is 0 Å². The van der Waals surface area contributed by atoms with Crippen LogP contribution in [-0.4, -0.2) is 27.1 Å². The highest BCUT2D eigenvalue weighted by atomic mass is 16.2. The highest BCUT2D eigenvalue weighted by molar-refractivity contribution is 6.07. The van der Waals surface area contributed by atoms with E-state index in [9.17, 15) is 4.79 Å². The van der Waals surface area contributed by atoms with Crippen LogP contribution in [0, 0.1) is 0 Å². The molecule has 0 aliphatic carbocycles. The predicted octanol–water partition coefficient (Wildman–Crippen LogP) is 4.54. The second-order valence-corrected chi connectivity index (χ2v) is 6.80. The first-order chi connectivity index (χ1) is 14.8. The van der Waals surface area contributed by atoms with Crippen LogP contribution < -0.4 is 5.43 Å². The van der Waals surface area contributed by atoms with Gasteiger partial charge in [0.1, 0.15) is 0 Å². The number of H-pyrrole nitrogens is 1. The molecule has 0 atom stereocenters. The summed E-state index contributed by atoms with van der Waals surface area (Å²) in [6.07, 6.45) is 6.94. The Morgan fingerprint density at radius 3 is 2.70 bits per heavy atom. The zero-order chi connectivity index (χ0) is 20.3. The highest BCUT2D eigenvalue weighted by Crippen LogP contribution is 2.24. The number of aromatic nitrogens is 3. The van der Waals surface area contributed by atoms with Crippen molar-refractivity contribution < 1.29 is 4.79 Å². The lowest BCUT2D eigenvalue weighted by molar-refractivity contribution is 0.0956.